The third-order valence-electron chi connectivity index (χ3n) is 5.84. The Balaban J connectivity index is 1.48. The van der Waals surface area contributed by atoms with Crippen molar-refractivity contribution >= 4 is 21.6 Å². The average Bonchev–Trinajstić information content (AvgIpc) is 3.13. The maximum atomic E-state index is 6.31. The molecule has 0 N–H and O–H groups in total. The molecule has 0 radical (unpaired) electrons. The lowest BCUT2D eigenvalue weighted by atomic mass is 9.97. The predicted octanol–water partition coefficient (Wildman–Crippen LogP) is 4.26. The van der Waals surface area contributed by atoms with Crippen LogP contribution in [0, 0.1) is 6.92 Å². The number of hydrogen-bond donors (Lipinski definition) is 0. The highest BCUT2D eigenvalue weighted by molar-refractivity contribution is 7.18. The van der Waals surface area contributed by atoms with Crippen LogP contribution in [-0.2, 0) is 17.6 Å². The molecule has 0 unspecified atom stereocenters. The highest BCUT2D eigenvalue weighted by atomic mass is 32.1. The van der Waals surface area contributed by atoms with Gasteiger partial charge in [-0.3, -0.25) is 4.90 Å². The summed E-state index contributed by atoms with van der Waals surface area (Å²) >= 11 is 1.83. The minimum Gasteiger partial charge on any atom is -0.476 e. The molecule has 1 aliphatic heterocycles. The molecule has 6 heteroatoms. The molecule has 0 bridgehead atoms. The molecule has 5 nitrogen and oxygen atoms in total. The SMILES string of the molecule is Cc1ccc(-c2nc(OCCN3CCOCC3)c3c4c(sc3n2)CCCC4)cc1. The van der Waals surface area contributed by atoms with Crippen LogP contribution in [0.1, 0.15) is 28.8 Å². The maximum Gasteiger partial charge on any atom is 0.226 e. The monoisotopic (exact) mass is 409 g/mol. The molecule has 1 aliphatic carbocycles. The van der Waals surface area contributed by atoms with Crippen LogP contribution in [0.5, 0.6) is 5.88 Å². The first-order valence-corrected chi connectivity index (χ1v) is 11.4. The lowest BCUT2D eigenvalue weighted by Crippen LogP contribution is -2.38. The first-order chi connectivity index (χ1) is 14.3. The standard InChI is InChI=1S/C23H27N3O2S/c1-16-6-8-17(9-7-16)21-24-22(28-15-12-26-10-13-27-14-11-26)20-18-4-2-3-5-19(18)29-23(20)25-21/h6-9H,2-5,10-15H2,1H3. The minimum absolute atomic E-state index is 0.643. The highest BCUT2D eigenvalue weighted by Gasteiger charge is 2.22. The molecule has 2 aliphatic rings. The van der Waals surface area contributed by atoms with E-state index in [2.05, 4.69) is 36.1 Å². The van der Waals surface area contributed by atoms with Gasteiger partial charge in [0.05, 0.1) is 18.6 Å². The van der Waals surface area contributed by atoms with Crippen LogP contribution in [0.2, 0.25) is 0 Å². The number of morpholine rings is 1. The van der Waals surface area contributed by atoms with Crippen molar-refractivity contribution < 1.29 is 9.47 Å². The van der Waals surface area contributed by atoms with Crippen LogP contribution < -0.4 is 4.74 Å². The van der Waals surface area contributed by atoms with E-state index in [-0.39, 0.29) is 0 Å². The summed E-state index contributed by atoms with van der Waals surface area (Å²) in [6.07, 6.45) is 4.78. The molecule has 1 saturated heterocycles. The van der Waals surface area contributed by atoms with Gasteiger partial charge >= 0.3 is 0 Å². The molecule has 0 spiro atoms. The van der Waals surface area contributed by atoms with E-state index >= 15 is 0 Å². The van der Waals surface area contributed by atoms with Gasteiger partial charge in [0.15, 0.2) is 5.82 Å². The second-order valence-electron chi connectivity index (χ2n) is 7.91. The predicted molar refractivity (Wildman–Crippen MR) is 117 cm³/mol. The topological polar surface area (TPSA) is 47.5 Å². The minimum atomic E-state index is 0.643. The summed E-state index contributed by atoms with van der Waals surface area (Å²) in [4.78, 5) is 14.8. The number of rotatable bonds is 5. The van der Waals surface area contributed by atoms with Crippen molar-refractivity contribution in [3.05, 3.63) is 40.3 Å². The molecular weight excluding hydrogens is 382 g/mol. The fourth-order valence-corrected chi connectivity index (χ4v) is 5.41. The van der Waals surface area contributed by atoms with Crippen molar-refractivity contribution in [2.75, 3.05) is 39.5 Å². The van der Waals surface area contributed by atoms with Crippen LogP contribution >= 0.6 is 11.3 Å². The summed E-state index contributed by atoms with van der Waals surface area (Å²) in [6, 6.07) is 8.42. The van der Waals surface area contributed by atoms with Gasteiger partial charge in [-0.05, 0) is 38.2 Å². The number of hydrogen-bond acceptors (Lipinski definition) is 6. The van der Waals surface area contributed by atoms with Gasteiger partial charge in [-0.15, -0.1) is 11.3 Å². The van der Waals surface area contributed by atoms with E-state index in [0.29, 0.717) is 6.61 Å². The van der Waals surface area contributed by atoms with Gasteiger partial charge in [0.1, 0.15) is 11.4 Å². The average molecular weight is 410 g/mol. The number of fused-ring (bicyclic) bond motifs is 3. The number of nitrogens with zero attached hydrogens (tertiary/aromatic N) is 3. The second-order valence-corrected chi connectivity index (χ2v) is 9.00. The summed E-state index contributed by atoms with van der Waals surface area (Å²) < 4.78 is 11.8. The molecule has 5 rings (SSSR count). The molecule has 1 fully saturated rings. The van der Waals surface area contributed by atoms with Gasteiger partial charge < -0.3 is 9.47 Å². The van der Waals surface area contributed by atoms with Gasteiger partial charge in [0.25, 0.3) is 0 Å². The number of aromatic nitrogens is 2. The normalized spacial score (nSPS) is 17.4. The molecule has 0 saturated carbocycles. The van der Waals surface area contributed by atoms with Crippen LogP contribution in [0.15, 0.2) is 24.3 Å². The fraction of sp³-hybridized carbons (Fsp3) is 0.478. The van der Waals surface area contributed by atoms with Crippen molar-refractivity contribution in [2.24, 2.45) is 0 Å². The molecular formula is C23H27N3O2S. The molecule has 3 aromatic rings. The molecule has 1 aromatic carbocycles. The largest absolute Gasteiger partial charge is 0.476 e. The van der Waals surface area contributed by atoms with E-state index in [9.17, 15) is 0 Å². The van der Waals surface area contributed by atoms with Crippen molar-refractivity contribution in [1.82, 2.24) is 14.9 Å². The maximum absolute atomic E-state index is 6.31. The first kappa shape index (κ1) is 19.0. The number of aryl methyl sites for hydroxylation is 3. The smallest absolute Gasteiger partial charge is 0.226 e. The molecule has 0 atom stereocenters. The van der Waals surface area contributed by atoms with E-state index in [4.69, 9.17) is 19.4 Å². The Morgan fingerprint density at radius 1 is 1.07 bits per heavy atom. The Morgan fingerprint density at radius 3 is 2.69 bits per heavy atom. The molecule has 0 amide bonds. The third-order valence-corrected chi connectivity index (χ3v) is 7.03. The zero-order valence-corrected chi connectivity index (χ0v) is 17.8. The van der Waals surface area contributed by atoms with Gasteiger partial charge in [-0.2, -0.15) is 4.98 Å². The van der Waals surface area contributed by atoms with E-state index < -0.39 is 0 Å². The Labute approximate surface area is 175 Å². The van der Waals surface area contributed by atoms with Crippen molar-refractivity contribution in [1.29, 1.82) is 0 Å². The zero-order chi connectivity index (χ0) is 19.6. The summed E-state index contributed by atoms with van der Waals surface area (Å²) in [5.74, 6) is 1.52. The van der Waals surface area contributed by atoms with Crippen LogP contribution in [0.25, 0.3) is 21.6 Å². The summed E-state index contributed by atoms with van der Waals surface area (Å²) in [6.45, 7) is 7.23. The summed E-state index contributed by atoms with van der Waals surface area (Å²) in [7, 11) is 0. The van der Waals surface area contributed by atoms with E-state index in [1.54, 1.807) is 0 Å². The number of benzene rings is 1. The van der Waals surface area contributed by atoms with E-state index in [1.165, 1.54) is 28.8 Å². The molecule has 29 heavy (non-hydrogen) atoms. The Morgan fingerprint density at radius 2 is 1.86 bits per heavy atom. The summed E-state index contributed by atoms with van der Waals surface area (Å²) in [5, 5.41) is 1.16. The fourth-order valence-electron chi connectivity index (χ4n) is 4.16. The van der Waals surface area contributed by atoms with Gasteiger partial charge in [-0.1, -0.05) is 29.8 Å². The third kappa shape index (κ3) is 4.02. The zero-order valence-electron chi connectivity index (χ0n) is 16.9. The lowest BCUT2D eigenvalue weighted by Gasteiger charge is -2.26. The Kier molecular flexibility index (Phi) is 5.48. The molecule has 3 heterocycles. The second kappa shape index (κ2) is 8.38. The van der Waals surface area contributed by atoms with Crippen molar-refractivity contribution in [2.45, 2.75) is 32.6 Å². The van der Waals surface area contributed by atoms with E-state index in [0.717, 1.165) is 73.2 Å². The summed E-state index contributed by atoms with van der Waals surface area (Å²) in [5.41, 5.74) is 3.71. The number of thiophene rings is 1. The van der Waals surface area contributed by atoms with Crippen molar-refractivity contribution in [3.63, 3.8) is 0 Å². The molecule has 152 valence electrons. The quantitative estimate of drug-likeness (QED) is 0.630. The van der Waals surface area contributed by atoms with Gasteiger partial charge in [0.2, 0.25) is 5.88 Å². The van der Waals surface area contributed by atoms with Crippen LogP contribution in [0.4, 0.5) is 0 Å². The van der Waals surface area contributed by atoms with Crippen LogP contribution in [-0.4, -0.2) is 54.3 Å². The van der Waals surface area contributed by atoms with Gasteiger partial charge in [0, 0.05) is 30.1 Å². The Hall–Kier alpha value is -2.02. The first-order valence-electron chi connectivity index (χ1n) is 10.6. The van der Waals surface area contributed by atoms with E-state index in [1.807, 2.05) is 11.3 Å². The lowest BCUT2D eigenvalue weighted by molar-refractivity contribution is 0.0321. The number of ether oxygens (including phenoxy) is 2. The molecule has 2 aromatic heterocycles. The highest BCUT2D eigenvalue weighted by Crippen LogP contribution is 2.40. The van der Waals surface area contributed by atoms with Crippen molar-refractivity contribution in [3.8, 4) is 17.3 Å². The van der Waals surface area contributed by atoms with Gasteiger partial charge in [-0.25, -0.2) is 4.98 Å². The Bertz CT molecular complexity index is 994. The van der Waals surface area contributed by atoms with Crippen LogP contribution in [0.3, 0.4) is 0 Å².